The summed E-state index contributed by atoms with van der Waals surface area (Å²) in [5, 5.41) is 0. The fraction of sp³-hybridized carbons (Fsp3) is 1.00. The summed E-state index contributed by atoms with van der Waals surface area (Å²) in [6.45, 7) is 0. The zero-order chi connectivity index (χ0) is 18.3. The van der Waals surface area contributed by atoms with E-state index in [4.69, 9.17) is 85.7 Å². The quantitative estimate of drug-likeness (QED) is 0.305. The largest absolute Gasteiger partial charge is 0.469 e. The molecule has 0 aromatic heterocycles. The van der Waals surface area contributed by atoms with E-state index in [0.717, 1.165) is 0 Å². The molecule has 0 saturated carbocycles. The zero-order valence-corrected chi connectivity index (χ0v) is 18.0. The summed E-state index contributed by atoms with van der Waals surface area (Å²) in [5.41, 5.74) is 0. The molecule has 0 aromatic rings. The molecule has 0 aliphatic rings. The van der Waals surface area contributed by atoms with E-state index in [0.29, 0.717) is 0 Å². The van der Waals surface area contributed by atoms with E-state index < -0.39 is 36.6 Å². The van der Waals surface area contributed by atoms with Crippen molar-refractivity contribution in [3.63, 3.8) is 0 Å². The Hall–Kier alpha value is 2.14. The highest BCUT2D eigenvalue weighted by Gasteiger charge is 2.53. The van der Waals surface area contributed by atoms with Gasteiger partial charge in [0, 0.05) is 53.0 Å². The summed E-state index contributed by atoms with van der Waals surface area (Å²) in [7, 11) is -4.89. The Morgan fingerprint density at radius 1 is 0.826 bits per heavy atom. The second-order valence-corrected chi connectivity index (χ2v) is 8.62. The summed E-state index contributed by atoms with van der Waals surface area (Å²) in [5.74, 6) is -1.92. The fourth-order valence-corrected chi connectivity index (χ4v) is 6.12. The van der Waals surface area contributed by atoms with Crippen molar-refractivity contribution in [1.29, 1.82) is 0 Å². The van der Waals surface area contributed by atoms with E-state index in [2.05, 4.69) is 0 Å². The van der Waals surface area contributed by atoms with E-state index in [9.17, 15) is 14.4 Å². The predicted molar refractivity (Wildman–Crippen MR) is 100 cm³/mol. The number of hydrogen-bond acceptors (Lipinski definition) is 2. The molecule has 0 bridgehead atoms. The summed E-state index contributed by atoms with van der Waals surface area (Å²) in [4.78, 5) is 17.1. The number of halogens is 7. The van der Waals surface area contributed by atoms with Crippen LogP contribution in [0.3, 0.4) is 0 Å². The van der Waals surface area contributed by atoms with Crippen LogP contribution in [0.1, 0.15) is 0 Å². The summed E-state index contributed by atoms with van der Waals surface area (Å²) in [6, 6.07) is 0. The average Bonchev–Trinajstić information content (AvgIpc) is 2.48. The molecular weight excluding hydrogens is 475 g/mol. The van der Waals surface area contributed by atoms with Crippen molar-refractivity contribution < 1.29 is 18.9 Å². The molecule has 0 aliphatic heterocycles. The smallest absolute Gasteiger partial charge is 0.303 e. The van der Waals surface area contributed by atoms with Crippen molar-refractivity contribution in [3.05, 3.63) is 0 Å². The lowest BCUT2D eigenvalue weighted by Gasteiger charge is -2.46. The van der Waals surface area contributed by atoms with Gasteiger partial charge in [0.2, 0.25) is 0 Å². The molecule has 0 heterocycles. The summed E-state index contributed by atoms with van der Waals surface area (Å²) in [6.07, 6.45) is -1.25. The maximum atomic E-state index is 11.4. The lowest BCUT2D eigenvalue weighted by atomic mass is 9.76. The number of hydrogen-bond donors (Lipinski definition) is 2. The van der Waals surface area contributed by atoms with Gasteiger partial charge in [-0.2, -0.15) is 0 Å². The molecule has 0 saturated heterocycles. The second-order valence-electron chi connectivity index (χ2n) is 4.92. The van der Waals surface area contributed by atoms with Crippen molar-refractivity contribution in [1.82, 2.24) is 0 Å². The van der Waals surface area contributed by atoms with Gasteiger partial charge in [-0.25, -0.2) is 4.57 Å². The number of alkyl halides is 7. The predicted octanol–water partition coefficient (Wildman–Crippen LogP) is 4.72. The minimum absolute atomic E-state index is 0.00951. The molecule has 0 aliphatic carbocycles. The minimum Gasteiger partial charge on any atom is -0.303 e. The first-order valence-electron chi connectivity index (χ1n) is 6.44. The first-order valence-corrected chi connectivity index (χ1v) is 11.6. The van der Waals surface area contributed by atoms with Crippen LogP contribution in [0.5, 0.6) is 0 Å². The van der Waals surface area contributed by atoms with Crippen molar-refractivity contribution in [2.45, 2.75) is 11.0 Å². The molecule has 0 fully saturated rings. The van der Waals surface area contributed by atoms with Gasteiger partial charge in [-0.1, -0.05) is 0 Å². The van der Waals surface area contributed by atoms with Crippen LogP contribution < -0.4 is 0 Å². The maximum absolute atomic E-state index is 11.4. The van der Waals surface area contributed by atoms with Crippen molar-refractivity contribution in [2.75, 3.05) is 35.3 Å². The van der Waals surface area contributed by atoms with Crippen LogP contribution in [0, 0.1) is 17.8 Å². The molecular formula is C11H18Cl7O4P. The molecule has 23 heavy (non-hydrogen) atoms. The topological polar surface area (TPSA) is 66.8 Å². The van der Waals surface area contributed by atoms with E-state index in [-0.39, 0.29) is 35.3 Å². The normalized spacial score (nSPS) is 15.0. The molecule has 0 amide bonds. The third-order valence-electron chi connectivity index (χ3n) is 3.51. The van der Waals surface area contributed by atoms with Crippen LogP contribution in [-0.2, 0) is 9.09 Å². The van der Waals surface area contributed by atoms with Crippen molar-refractivity contribution in [3.8, 4) is 0 Å². The first-order chi connectivity index (χ1) is 10.7. The van der Waals surface area contributed by atoms with Crippen LogP contribution in [-0.4, -0.2) is 56.0 Å². The van der Waals surface area contributed by atoms with Crippen LogP contribution in [0.4, 0.5) is 0 Å². The van der Waals surface area contributed by atoms with Crippen molar-refractivity contribution in [2.24, 2.45) is 17.8 Å². The van der Waals surface area contributed by atoms with Gasteiger partial charge in [0.05, 0.1) is 11.0 Å². The highest BCUT2D eigenvalue weighted by Crippen LogP contribution is 2.50. The fourth-order valence-electron chi connectivity index (χ4n) is 2.23. The van der Waals surface area contributed by atoms with Crippen molar-refractivity contribution >= 4 is 89.0 Å². The third kappa shape index (κ3) is 6.99. The standard InChI is InChI=1S/C11H18Cl7O4P/c12-1-7(2-13)10(22-23(19,20)21)11(18,8(3-14)4-15)9(5-16)6-17/h7-10H,1-6H2,(H2,19,20,21). The van der Waals surface area contributed by atoms with Gasteiger partial charge in [-0.3, -0.25) is 4.52 Å². The van der Waals surface area contributed by atoms with Gasteiger partial charge in [0.15, 0.2) is 0 Å². The molecule has 12 heteroatoms. The average molecular weight is 493 g/mol. The third-order valence-corrected chi connectivity index (χ3v) is 7.12. The van der Waals surface area contributed by atoms with Crippen LogP contribution in [0.25, 0.3) is 0 Å². The monoisotopic (exact) mass is 490 g/mol. The maximum Gasteiger partial charge on any atom is 0.469 e. The highest BCUT2D eigenvalue weighted by molar-refractivity contribution is 7.46. The molecule has 0 spiro atoms. The Bertz CT molecular complexity index is 359. The zero-order valence-electron chi connectivity index (χ0n) is 11.9. The van der Waals surface area contributed by atoms with Crippen LogP contribution in [0.15, 0.2) is 0 Å². The van der Waals surface area contributed by atoms with Gasteiger partial charge in [0.25, 0.3) is 0 Å². The Kier molecular flexibility index (Phi) is 12.9. The first kappa shape index (κ1) is 25.1. The number of rotatable bonds is 12. The van der Waals surface area contributed by atoms with E-state index in [1.807, 2.05) is 0 Å². The van der Waals surface area contributed by atoms with E-state index in [1.165, 1.54) is 0 Å². The minimum atomic E-state index is -4.89. The Morgan fingerprint density at radius 2 is 1.17 bits per heavy atom. The molecule has 140 valence electrons. The summed E-state index contributed by atoms with van der Waals surface area (Å²) < 4.78 is 16.4. The van der Waals surface area contributed by atoms with Crippen LogP contribution in [0.2, 0.25) is 0 Å². The van der Waals surface area contributed by atoms with Gasteiger partial charge >= 0.3 is 7.82 Å². The van der Waals surface area contributed by atoms with Crippen LogP contribution >= 0.6 is 89.0 Å². The Labute approximate surface area is 171 Å². The van der Waals surface area contributed by atoms with Gasteiger partial charge in [0.1, 0.15) is 0 Å². The Balaban J connectivity index is 6.11. The van der Waals surface area contributed by atoms with Gasteiger partial charge in [-0.15, -0.1) is 81.2 Å². The number of phosphoric acid groups is 1. The highest BCUT2D eigenvalue weighted by atomic mass is 35.5. The molecule has 1 unspecified atom stereocenters. The molecule has 1 atom stereocenters. The molecule has 0 radical (unpaired) electrons. The van der Waals surface area contributed by atoms with E-state index >= 15 is 0 Å². The molecule has 2 N–H and O–H groups in total. The van der Waals surface area contributed by atoms with Gasteiger partial charge in [-0.05, 0) is 0 Å². The Morgan fingerprint density at radius 3 is 1.39 bits per heavy atom. The molecule has 4 nitrogen and oxygen atoms in total. The van der Waals surface area contributed by atoms with Gasteiger partial charge < -0.3 is 9.79 Å². The molecule has 0 aromatic carbocycles. The second kappa shape index (κ2) is 11.8. The molecule has 0 rings (SSSR count). The number of phosphoric ester groups is 1. The lowest BCUT2D eigenvalue weighted by molar-refractivity contribution is 0.0366. The summed E-state index contributed by atoms with van der Waals surface area (Å²) >= 11 is 42.3. The SMILES string of the molecule is O=P(O)(O)OC(C(CCl)CCl)C(Cl)(C(CCl)CCl)C(CCl)CCl. The lowest BCUT2D eigenvalue weighted by Crippen LogP contribution is -2.56. The van der Waals surface area contributed by atoms with E-state index in [1.54, 1.807) is 0 Å².